The van der Waals surface area contributed by atoms with E-state index in [1.165, 1.54) is 18.6 Å². The zero-order valence-corrected chi connectivity index (χ0v) is 7.66. The van der Waals surface area contributed by atoms with Crippen LogP contribution < -0.4 is 0 Å². The van der Waals surface area contributed by atoms with Crippen LogP contribution in [0.2, 0.25) is 0 Å². The average molecular weight is 201 g/mol. The van der Waals surface area contributed by atoms with Crippen molar-refractivity contribution >= 4 is 5.97 Å². The number of hydrogen-bond donors (Lipinski definition) is 1. The average Bonchev–Trinajstić information content (AvgIpc) is 2.30. The maximum Gasteiger partial charge on any atom is 0.354 e. The predicted molar refractivity (Wildman–Crippen MR) is 52.2 cm³/mol. The molecule has 0 aliphatic carbocycles. The van der Waals surface area contributed by atoms with Gasteiger partial charge in [-0.3, -0.25) is 0 Å². The third kappa shape index (κ3) is 1.96. The highest BCUT2D eigenvalue weighted by atomic mass is 16.4. The summed E-state index contributed by atoms with van der Waals surface area (Å²) in [4.78, 5) is 22.1. The molecule has 0 atom stereocenters. The third-order valence-corrected chi connectivity index (χ3v) is 1.87. The Balaban J connectivity index is 2.46. The van der Waals surface area contributed by atoms with Crippen molar-refractivity contribution in [2.45, 2.75) is 0 Å². The molecule has 74 valence electrons. The minimum absolute atomic E-state index is 0.0105. The first-order valence-corrected chi connectivity index (χ1v) is 4.22. The Morgan fingerprint density at radius 1 is 1.20 bits per heavy atom. The summed E-state index contributed by atoms with van der Waals surface area (Å²) < 4.78 is 0. The molecule has 0 aliphatic rings. The highest BCUT2D eigenvalue weighted by Gasteiger charge is 2.06. The van der Waals surface area contributed by atoms with E-state index in [1.54, 1.807) is 18.5 Å². The molecule has 2 aromatic rings. The number of pyridine rings is 1. The maximum atomic E-state index is 10.7. The molecule has 0 saturated carbocycles. The Morgan fingerprint density at radius 2 is 1.93 bits per heavy atom. The summed E-state index contributed by atoms with van der Waals surface area (Å²) in [5, 5.41) is 8.76. The fraction of sp³-hybridized carbons (Fsp3) is 0. The number of carboxylic acid groups (broad SMARTS) is 1. The van der Waals surface area contributed by atoms with Gasteiger partial charge >= 0.3 is 5.97 Å². The van der Waals surface area contributed by atoms with Crippen LogP contribution in [0.5, 0.6) is 0 Å². The van der Waals surface area contributed by atoms with E-state index in [1.807, 2.05) is 0 Å². The van der Waals surface area contributed by atoms with E-state index in [-0.39, 0.29) is 5.69 Å². The number of carboxylic acids is 1. The summed E-state index contributed by atoms with van der Waals surface area (Å²) in [6.45, 7) is 0. The molecule has 0 spiro atoms. The Morgan fingerprint density at radius 3 is 2.60 bits per heavy atom. The van der Waals surface area contributed by atoms with E-state index >= 15 is 0 Å². The third-order valence-electron chi connectivity index (χ3n) is 1.87. The molecule has 2 aromatic heterocycles. The first-order chi connectivity index (χ1) is 7.27. The second-order valence-corrected chi connectivity index (χ2v) is 2.86. The molecule has 0 aliphatic heterocycles. The molecule has 5 heteroatoms. The monoisotopic (exact) mass is 201 g/mol. The normalized spacial score (nSPS) is 9.87. The second-order valence-electron chi connectivity index (χ2n) is 2.86. The first-order valence-electron chi connectivity index (χ1n) is 4.22. The number of carbonyl (C=O) groups is 1. The van der Waals surface area contributed by atoms with Gasteiger partial charge in [0, 0.05) is 24.2 Å². The minimum Gasteiger partial charge on any atom is -0.477 e. The van der Waals surface area contributed by atoms with E-state index in [9.17, 15) is 4.79 Å². The van der Waals surface area contributed by atoms with Gasteiger partial charge in [-0.1, -0.05) is 0 Å². The van der Waals surface area contributed by atoms with Gasteiger partial charge in [0.05, 0.1) is 0 Å². The quantitative estimate of drug-likeness (QED) is 0.790. The van der Waals surface area contributed by atoms with Gasteiger partial charge < -0.3 is 5.11 Å². The standard InChI is InChI=1S/C10H7N3O2/c14-10(15)9-3-7(1-2-13-9)8-4-11-6-12-5-8/h1-6H,(H,14,15). The van der Waals surface area contributed by atoms with E-state index in [4.69, 9.17) is 5.11 Å². The van der Waals surface area contributed by atoms with Crippen molar-refractivity contribution in [3.63, 3.8) is 0 Å². The van der Waals surface area contributed by atoms with Gasteiger partial charge in [0.2, 0.25) is 0 Å². The van der Waals surface area contributed by atoms with Crippen molar-refractivity contribution in [1.82, 2.24) is 15.0 Å². The molecule has 2 rings (SSSR count). The van der Waals surface area contributed by atoms with E-state index in [0.717, 1.165) is 11.1 Å². The first kappa shape index (κ1) is 9.26. The number of nitrogens with zero attached hydrogens (tertiary/aromatic N) is 3. The van der Waals surface area contributed by atoms with Crippen LogP contribution in [-0.4, -0.2) is 26.0 Å². The Labute approximate surface area is 85.5 Å². The van der Waals surface area contributed by atoms with Gasteiger partial charge in [0.15, 0.2) is 0 Å². The van der Waals surface area contributed by atoms with Crippen LogP contribution in [0.4, 0.5) is 0 Å². The molecular formula is C10H7N3O2. The zero-order chi connectivity index (χ0) is 10.7. The fourth-order valence-corrected chi connectivity index (χ4v) is 1.18. The van der Waals surface area contributed by atoms with Gasteiger partial charge in [0.25, 0.3) is 0 Å². The fourth-order valence-electron chi connectivity index (χ4n) is 1.18. The predicted octanol–water partition coefficient (Wildman–Crippen LogP) is 1.24. The van der Waals surface area contributed by atoms with Crippen LogP contribution >= 0.6 is 0 Å². The maximum absolute atomic E-state index is 10.7. The molecule has 15 heavy (non-hydrogen) atoms. The van der Waals surface area contributed by atoms with Gasteiger partial charge in [-0.05, 0) is 17.7 Å². The minimum atomic E-state index is -1.05. The van der Waals surface area contributed by atoms with Crippen molar-refractivity contribution in [2.24, 2.45) is 0 Å². The number of aromatic carboxylic acids is 1. The number of aromatic nitrogens is 3. The van der Waals surface area contributed by atoms with Crippen molar-refractivity contribution in [3.8, 4) is 11.1 Å². The smallest absolute Gasteiger partial charge is 0.354 e. The van der Waals surface area contributed by atoms with Crippen molar-refractivity contribution in [3.05, 3.63) is 42.7 Å². The lowest BCUT2D eigenvalue weighted by Crippen LogP contribution is -1.99. The summed E-state index contributed by atoms with van der Waals surface area (Å²) in [6, 6.07) is 3.20. The Kier molecular flexibility index (Phi) is 2.37. The highest BCUT2D eigenvalue weighted by Crippen LogP contribution is 2.16. The van der Waals surface area contributed by atoms with Crippen molar-refractivity contribution in [1.29, 1.82) is 0 Å². The van der Waals surface area contributed by atoms with E-state index < -0.39 is 5.97 Å². The lowest BCUT2D eigenvalue weighted by atomic mass is 10.1. The summed E-state index contributed by atoms with van der Waals surface area (Å²) in [5.74, 6) is -1.05. The molecule has 1 N–H and O–H groups in total. The summed E-state index contributed by atoms with van der Waals surface area (Å²) >= 11 is 0. The van der Waals surface area contributed by atoms with Crippen molar-refractivity contribution in [2.75, 3.05) is 0 Å². The van der Waals surface area contributed by atoms with Crippen LogP contribution in [0.3, 0.4) is 0 Å². The van der Waals surface area contributed by atoms with Crippen molar-refractivity contribution < 1.29 is 9.90 Å². The molecule has 0 saturated heterocycles. The molecule has 0 bridgehead atoms. The van der Waals surface area contributed by atoms with Crippen LogP contribution in [0.15, 0.2) is 37.1 Å². The van der Waals surface area contributed by atoms with Crippen LogP contribution in [-0.2, 0) is 0 Å². The molecule has 0 amide bonds. The van der Waals surface area contributed by atoms with E-state index in [0.29, 0.717) is 0 Å². The SMILES string of the molecule is O=C(O)c1cc(-c2cncnc2)ccn1. The lowest BCUT2D eigenvalue weighted by molar-refractivity contribution is 0.0690. The molecule has 0 fully saturated rings. The summed E-state index contributed by atoms with van der Waals surface area (Å²) in [5.41, 5.74) is 1.52. The molecule has 5 nitrogen and oxygen atoms in total. The van der Waals surface area contributed by atoms with Gasteiger partial charge in [-0.25, -0.2) is 19.7 Å². The summed E-state index contributed by atoms with van der Waals surface area (Å²) in [7, 11) is 0. The largest absolute Gasteiger partial charge is 0.477 e. The Bertz CT molecular complexity index is 485. The van der Waals surface area contributed by atoms with E-state index in [2.05, 4.69) is 15.0 Å². The summed E-state index contributed by atoms with van der Waals surface area (Å²) in [6.07, 6.45) is 6.11. The highest BCUT2D eigenvalue weighted by molar-refractivity contribution is 5.86. The van der Waals surface area contributed by atoms with Gasteiger partial charge in [0.1, 0.15) is 12.0 Å². The van der Waals surface area contributed by atoms with Gasteiger partial charge in [-0.2, -0.15) is 0 Å². The topological polar surface area (TPSA) is 76.0 Å². The molecule has 0 radical (unpaired) electrons. The number of hydrogen-bond acceptors (Lipinski definition) is 4. The van der Waals surface area contributed by atoms with Crippen LogP contribution in [0.1, 0.15) is 10.5 Å². The van der Waals surface area contributed by atoms with Crippen LogP contribution in [0.25, 0.3) is 11.1 Å². The Hall–Kier alpha value is -2.30. The molecule has 0 aromatic carbocycles. The second kappa shape index (κ2) is 3.83. The molecule has 0 unspecified atom stereocenters. The lowest BCUT2D eigenvalue weighted by Gasteiger charge is -2.00. The molecule has 2 heterocycles. The number of rotatable bonds is 2. The van der Waals surface area contributed by atoms with Crippen LogP contribution in [0, 0.1) is 0 Å². The molecular weight excluding hydrogens is 194 g/mol. The van der Waals surface area contributed by atoms with Gasteiger partial charge in [-0.15, -0.1) is 0 Å². The zero-order valence-electron chi connectivity index (χ0n) is 7.66.